The maximum absolute atomic E-state index is 13.5. The molecule has 1 aromatic carbocycles. The molecule has 1 aromatic rings. The summed E-state index contributed by atoms with van der Waals surface area (Å²) in [6.45, 7) is 21.7. The lowest BCUT2D eigenvalue weighted by atomic mass is 10.1. The van der Waals surface area contributed by atoms with Gasteiger partial charge >= 0.3 is 17.9 Å². The predicted molar refractivity (Wildman–Crippen MR) is 193 cm³/mol. The molecule has 0 unspecified atom stereocenters. The Balaban J connectivity index is 2.30. The Labute approximate surface area is 299 Å². The highest BCUT2D eigenvalue weighted by Gasteiger charge is 2.26. The number of esters is 3. The summed E-state index contributed by atoms with van der Waals surface area (Å²) < 4.78 is 22.6. The van der Waals surface area contributed by atoms with Crippen molar-refractivity contribution in [2.75, 3.05) is 91.7 Å². The largest absolute Gasteiger partial charge is 0.494 e. The number of rotatable bonds is 13. The summed E-state index contributed by atoms with van der Waals surface area (Å²) in [4.78, 5) is 60.3. The minimum Gasteiger partial charge on any atom is -0.494 e. The van der Waals surface area contributed by atoms with Crippen LogP contribution in [0.3, 0.4) is 0 Å². The number of nitrogens with zero attached hydrogens (tertiary/aromatic N) is 4. The van der Waals surface area contributed by atoms with Gasteiger partial charge in [0.05, 0.1) is 32.8 Å². The molecule has 2 N–H and O–H groups in total. The summed E-state index contributed by atoms with van der Waals surface area (Å²) in [5.41, 5.74) is 4.23. The quantitative estimate of drug-likeness (QED) is 0.139. The minimum absolute atomic E-state index is 0.0495. The van der Waals surface area contributed by atoms with Gasteiger partial charge in [0.1, 0.15) is 22.6 Å². The zero-order chi connectivity index (χ0) is 37.5. The van der Waals surface area contributed by atoms with E-state index in [1.54, 1.807) is 24.3 Å². The van der Waals surface area contributed by atoms with Crippen LogP contribution in [0.1, 0.15) is 79.1 Å². The number of carbonyl (C=O) groups is 4. The standard InChI is InChI=1S/C37H63N5O8/c1-35(2,3)48-32(44)26-40-18-16-39(25-31(43)29-11-13-30(14-12-29)47-24-10-15-38)17-19-41(27-33(45)49-36(4,5)6)21-23-42(22-20-40)28-34(46)50-37(7,8)9/h11-14H,10,15-28,38H2,1-9H3. The van der Waals surface area contributed by atoms with Gasteiger partial charge in [-0.25, -0.2) is 0 Å². The van der Waals surface area contributed by atoms with Gasteiger partial charge in [-0.3, -0.25) is 38.8 Å². The molecule has 0 saturated carbocycles. The third-order valence-corrected chi connectivity index (χ3v) is 7.41. The first-order valence-corrected chi connectivity index (χ1v) is 17.7. The molecule has 1 saturated heterocycles. The molecule has 0 aromatic heterocycles. The molecular formula is C37H63N5O8. The predicted octanol–water partition coefficient (Wildman–Crippen LogP) is 2.84. The van der Waals surface area contributed by atoms with Crippen molar-refractivity contribution in [3.63, 3.8) is 0 Å². The van der Waals surface area contributed by atoms with Crippen molar-refractivity contribution in [1.82, 2.24) is 19.6 Å². The fourth-order valence-electron chi connectivity index (χ4n) is 5.18. The van der Waals surface area contributed by atoms with E-state index in [2.05, 4.69) is 4.90 Å². The summed E-state index contributed by atoms with van der Waals surface area (Å²) in [7, 11) is 0. The fourth-order valence-corrected chi connectivity index (χ4v) is 5.18. The van der Waals surface area contributed by atoms with Crippen molar-refractivity contribution >= 4 is 23.7 Å². The first-order valence-electron chi connectivity index (χ1n) is 17.7. The van der Waals surface area contributed by atoms with Gasteiger partial charge in [0, 0.05) is 57.9 Å². The Morgan fingerprint density at radius 2 is 0.880 bits per heavy atom. The van der Waals surface area contributed by atoms with E-state index in [1.165, 1.54) is 0 Å². The molecule has 1 heterocycles. The molecule has 284 valence electrons. The Hall–Kier alpha value is -3.10. The van der Waals surface area contributed by atoms with E-state index in [4.69, 9.17) is 24.7 Å². The van der Waals surface area contributed by atoms with Crippen molar-refractivity contribution in [2.45, 2.75) is 85.5 Å². The zero-order valence-electron chi connectivity index (χ0n) is 32.0. The van der Waals surface area contributed by atoms with Crippen LogP contribution in [0.25, 0.3) is 0 Å². The first kappa shape index (κ1) is 43.1. The Morgan fingerprint density at radius 1 is 0.560 bits per heavy atom. The third kappa shape index (κ3) is 19.3. The van der Waals surface area contributed by atoms with Crippen LogP contribution in [0.4, 0.5) is 0 Å². The molecule has 0 bridgehead atoms. The summed E-state index contributed by atoms with van der Waals surface area (Å²) in [5, 5.41) is 0. The Morgan fingerprint density at radius 3 is 1.18 bits per heavy atom. The molecule has 0 aliphatic carbocycles. The van der Waals surface area contributed by atoms with E-state index in [-0.39, 0.29) is 49.9 Å². The molecular weight excluding hydrogens is 642 g/mol. The van der Waals surface area contributed by atoms with Gasteiger partial charge in [-0.05, 0) is 99.5 Å². The molecule has 0 radical (unpaired) electrons. The highest BCUT2D eigenvalue weighted by molar-refractivity contribution is 5.97. The molecule has 0 amide bonds. The molecule has 13 heteroatoms. The van der Waals surface area contributed by atoms with Crippen LogP contribution in [-0.4, -0.2) is 152 Å². The third-order valence-electron chi connectivity index (χ3n) is 7.41. The smallest absolute Gasteiger partial charge is 0.320 e. The fraction of sp³-hybridized carbons (Fsp3) is 0.730. The molecule has 50 heavy (non-hydrogen) atoms. The van der Waals surface area contributed by atoms with Crippen LogP contribution < -0.4 is 10.5 Å². The maximum atomic E-state index is 13.5. The lowest BCUT2D eigenvalue weighted by Gasteiger charge is -2.34. The Bertz CT molecular complexity index is 1170. The molecule has 1 aliphatic rings. The molecule has 1 fully saturated rings. The van der Waals surface area contributed by atoms with Crippen molar-refractivity contribution in [3.8, 4) is 5.75 Å². The van der Waals surface area contributed by atoms with Crippen molar-refractivity contribution in [2.24, 2.45) is 5.73 Å². The molecule has 0 spiro atoms. The summed E-state index contributed by atoms with van der Waals surface area (Å²) in [5.74, 6) is -0.405. The number of hydrogen-bond acceptors (Lipinski definition) is 13. The number of nitrogens with two attached hydrogens (primary N) is 1. The van der Waals surface area contributed by atoms with Crippen LogP contribution in [0.15, 0.2) is 24.3 Å². The van der Waals surface area contributed by atoms with E-state index in [9.17, 15) is 19.2 Å². The number of benzene rings is 1. The SMILES string of the molecule is CC(C)(C)OC(=O)CN1CCN(CC(=O)OC(C)(C)C)CCN(CC(=O)c2ccc(OCCCN)cc2)CCN(CC(=O)OC(C)(C)C)CC1. The highest BCUT2D eigenvalue weighted by Crippen LogP contribution is 2.15. The molecule has 13 nitrogen and oxygen atoms in total. The second kappa shape index (κ2) is 20.1. The topological polar surface area (TPSA) is 144 Å². The lowest BCUT2D eigenvalue weighted by molar-refractivity contribution is -0.158. The van der Waals surface area contributed by atoms with Crippen LogP contribution in [-0.2, 0) is 28.6 Å². The number of hydrogen-bond donors (Lipinski definition) is 1. The summed E-state index contributed by atoms with van der Waals surface area (Å²) >= 11 is 0. The van der Waals surface area contributed by atoms with Gasteiger partial charge in [-0.2, -0.15) is 0 Å². The van der Waals surface area contributed by atoms with Crippen LogP contribution in [0.5, 0.6) is 5.75 Å². The average Bonchev–Trinajstić information content (AvgIpc) is 2.96. The molecule has 0 atom stereocenters. The second-order valence-corrected chi connectivity index (χ2v) is 15.8. The van der Waals surface area contributed by atoms with Gasteiger partial charge in [0.25, 0.3) is 0 Å². The van der Waals surface area contributed by atoms with Crippen molar-refractivity contribution in [1.29, 1.82) is 0 Å². The summed E-state index contributed by atoms with van der Waals surface area (Å²) in [6, 6.07) is 7.10. The van der Waals surface area contributed by atoms with E-state index >= 15 is 0 Å². The van der Waals surface area contributed by atoms with E-state index in [1.807, 2.05) is 77.0 Å². The van der Waals surface area contributed by atoms with Gasteiger partial charge in [-0.15, -0.1) is 0 Å². The average molecular weight is 706 g/mol. The minimum atomic E-state index is -0.632. The molecule has 1 aliphatic heterocycles. The zero-order valence-corrected chi connectivity index (χ0v) is 32.0. The second-order valence-electron chi connectivity index (χ2n) is 15.8. The van der Waals surface area contributed by atoms with E-state index in [0.29, 0.717) is 76.8 Å². The van der Waals surface area contributed by atoms with Crippen LogP contribution >= 0.6 is 0 Å². The van der Waals surface area contributed by atoms with Crippen molar-refractivity contribution in [3.05, 3.63) is 29.8 Å². The normalized spacial score (nSPS) is 16.9. The first-order chi connectivity index (χ1) is 23.2. The van der Waals surface area contributed by atoms with Crippen LogP contribution in [0, 0.1) is 0 Å². The van der Waals surface area contributed by atoms with Gasteiger partial charge in [0.15, 0.2) is 5.78 Å². The van der Waals surface area contributed by atoms with Gasteiger partial charge in [0.2, 0.25) is 0 Å². The summed E-state index contributed by atoms with van der Waals surface area (Å²) in [6.07, 6.45) is 0.743. The number of ether oxygens (including phenoxy) is 4. The van der Waals surface area contributed by atoms with E-state index in [0.717, 1.165) is 6.42 Å². The maximum Gasteiger partial charge on any atom is 0.320 e. The molecule has 2 rings (SSSR count). The van der Waals surface area contributed by atoms with Crippen molar-refractivity contribution < 1.29 is 38.1 Å². The number of Topliss-reactive ketones (excluding diaryl/α,β-unsaturated/α-hetero) is 1. The monoisotopic (exact) mass is 705 g/mol. The Kier molecular flexibility index (Phi) is 17.3. The highest BCUT2D eigenvalue weighted by atomic mass is 16.6. The van der Waals surface area contributed by atoms with Crippen LogP contribution in [0.2, 0.25) is 0 Å². The number of ketones is 1. The van der Waals surface area contributed by atoms with E-state index < -0.39 is 16.8 Å². The van der Waals surface area contributed by atoms with Gasteiger partial charge in [-0.1, -0.05) is 0 Å². The van der Waals surface area contributed by atoms with Gasteiger partial charge < -0.3 is 24.7 Å². The lowest BCUT2D eigenvalue weighted by Crippen LogP contribution is -2.50. The number of carbonyl (C=O) groups excluding carboxylic acids is 4.